The summed E-state index contributed by atoms with van der Waals surface area (Å²) in [5, 5.41) is 13.1. The van der Waals surface area contributed by atoms with Crippen LogP contribution in [0, 0.1) is 0 Å². The number of benzene rings is 1. The van der Waals surface area contributed by atoms with Crippen LogP contribution in [0.25, 0.3) is 11.2 Å². The van der Waals surface area contributed by atoms with Crippen LogP contribution in [-0.4, -0.2) is 61.2 Å². The summed E-state index contributed by atoms with van der Waals surface area (Å²) in [5.74, 6) is -1.16. The monoisotopic (exact) mass is 465 g/mol. The maximum absolute atomic E-state index is 12.0. The van der Waals surface area contributed by atoms with Gasteiger partial charge in [0.15, 0.2) is 35.1 Å². The minimum atomic E-state index is -1.11. The molecule has 0 radical (unpaired) electrons. The number of hydrogen-bond acceptors (Lipinski definition) is 8. The Bertz CT molecular complexity index is 1180. The number of rotatable bonds is 6. The van der Waals surface area contributed by atoms with Crippen molar-refractivity contribution in [2.75, 3.05) is 11.9 Å². The summed E-state index contributed by atoms with van der Waals surface area (Å²) in [7, 11) is 0. The normalized spacial score (nSPS) is 27.8. The lowest BCUT2D eigenvalue weighted by Gasteiger charge is -2.33. The van der Waals surface area contributed by atoms with Gasteiger partial charge in [-0.2, -0.15) is 0 Å². The van der Waals surface area contributed by atoms with E-state index in [2.05, 4.69) is 32.4 Å². The first kappa shape index (κ1) is 21.5. The lowest BCUT2D eigenvalue weighted by molar-refractivity contribution is -0.231. The second-order valence-electron chi connectivity index (χ2n) is 9.13. The number of nitrogens with one attached hydrogen (secondary N) is 1. The van der Waals surface area contributed by atoms with Crippen LogP contribution in [0.1, 0.15) is 43.9 Å². The van der Waals surface area contributed by atoms with Gasteiger partial charge in [-0.3, -0.25) is 4.57 Å². The van der Waals surface area contributed by atoms with Crippen molar-refractivity contribution in [3.8, 4) is 0 Å². The number of carboxylic acids is 1. The van der Waals surface area contributed by atoms with Gasteiger partial charge in [0.1, 0.15) is 18.5 Å². The zero-order valence-electron chi connectivity index (χ0n) is 18.7. The molecule has 34 heavy (non-hydrogen) atoms. The molecule has 4 heterocycles. The van der Waals surface area contributed by atoms with Gasteiger partial charge in [-0.05, 0) is 24.8 Å². The molecule has 4 atom stereocenters. The fourth-order valence-electron chi connectivity index (χ4n) is 5.30. The molecule has 2 N–H and O–H groups in total. The summed E-state index contributed by atoms with van der Waals surface area (Å²) in [5.41, 5.74) is 2.38. The van der Waals surface area contributed by atoms with Crippen LogP contribution in [0.15, 0.2) is 43.0 Å². The number of anilines is 1. The zero-order valence-corrected chi connectivity index (χ0v) is 18.7. The maximum Gasteiger partial charge on any atom is 0.335 e. The maximum atomic E-state index is 12.0. The molecule has 3 fully saturated rings. The van der Waals surface area contributed by atoms with E-state index in [-0.39, 0.29) is 0 Å². The Morgan fingerprint density at radius 2 is 1.88 bits per heavy atom. The highest BCUT2D eigenvalue weighted by molar-refractivity contribution is 5.82. The summed E-state index contributed by atoms with van der Waals surface area (Å²) in [6.45, 7) is 0.689. The number of nitrogens with zero attached hydrogens (tertiary/aromatic N) is 4. The zero-order chi connectivity index (χ0) is 23.1. The number of carboxylic acid groups (broad SMARTS) is 1. The highest BCUT2D eigenvalue weighted by Gasteiger charge is 2.61. The molecule has 2 aliphatic heterocycles. The van der Waals surface area contributed by atoms with Gasteiger partial charge in [0.25, 0.3) is 0 Å². The van der Waals surface area contributed by atoms with Crippen LogP contribution in [0.5, 0.6) is 0 Å². The van der Waals surface area contributed by atoms with Crippen molar-refractivity contribution >= 4 is 23.0 Å². The summed E-state index contributed by atoms with van der Waals surface area (Å²) in [4.78, 5) is 25.3. The van der Waals surface area contributed by atoms with Crippen LogP contribution < -0.4 is 5.32 Å². The van der Waals surface area contributed by atoms with E-state index in [1.165, 1.54) is 11.9 Å². The molecule has 10 nitrogen and oxygen atoms in total. The average Bonchev–Trinajstić information content (AvgIpc) is 3.52. The first-order valence-electron chi connectivity index (χ1n) is 11.8. The molecular weight excluding hydrogens is 438 g/mol. The van der Waals surface area contributed by atoms with Gasteiger partial charge in [0.05, 0.1) is 6.33 Å². The summed E-state index contributed by atoms with van der Waals surface area (Å²) in [6, 6.07) is 10.2. The van der Waals surface area contributed by atoms with E-state index >= 15 is 0 Å². The predicted molar refractivity (Wildman–Crippen MR) is 121 cm³/mol. The van der Waals surface area contributed by atoms with Crippen molar-refractivity contribution in [2.45, 2.75) is 68.9 Å². The lowest BCUT2D eigenvalue weighted by atomic mass is 9.94. The summed E-state index contributed by atoms with van der Waals surface area (Å²) >= 11 is 0. The first-order chi connectivity index (χ1) is 16.6. The smallest absolute Gasteiger partial charge is 0.335 e. The molecule has 0 bridgehead atoms. The third kappa shape index (κ3) is 3.71. The first-order valence-corrected chi connectivity index (χ1v) is 11.8. The molecule has 1 spiro atoms. The van der Waals surface area contributed by atoms with Gasteiger partial charge in [0.2, 0.25) is 0 Å². The molecule has 3 aromatic rings. The minimum absolute atomic E-state index is 0.555. The van der Waals surface area contributed by atoms with Crippen molar-refractivity contribution in [3.05, 3.63) is 48.5 Å². The van der Waals surface area contributed by atoms with Crippen LogP contribution in [0.4, 0.5) is 5.82 Å². The molecular formula is C24H27N5O5. The van der Waals surface area contributed by atoms with Crippen LogP contribution in [0.3, 0.4) is 0 Å². The largest absolute Gasteiger partial charge is 0.479 e. The van der Waals surface area contributed by atoms with Crippen LogP contribution in [0.2, 0.25) is 0 Å². The topological polar surface area (TPSA) is 121 Å². The standard InChI is InChI=1S/C24H27N5O5/c30-23(31)19-17-18(34-24(33-17)10-5-2-6-11-24)22(32-19)29-14-28-16-20(26-13-27-21(16)29)25-12-9-15-7-3-1-4-8-15/h1,3-4,7-8,13-14,17-19,22H,2,5-6,9-12H2,(H,30,31)(H,25,26,27)/t17?,18-,19-,22+/m0/s1. The van der Waals surface area contributed by atoms with Gasteiger partial charge in [-0.15, -0.1) is 0 Å². The van der Waals surface area contributed by atoms with Crippen molar-refractivity contribution in [3.63, 3.8) is 0 Å². The predicted octanol–water partition coefficient (Wildman–Crippen LogP) is 2.91. The fraction of sp³-hybridized carbons (Fsp3) is 0.500. The van der Waals surface area contributed by atoms with E-state index in [0.717, 1.165) is 38.5 Å². The SMILES string of the molecule is O=C(O)[C@H]1O[C@@H](n2cnc3c(NCCc4ccccc4)ncnc32)[C@H]2OC3(CCCCC3)OC12. The third-order valence-electron chi connectivity index (χ3n) is 6.93. The fourth-order valence-corrected chi connectivity index (χ4v) is 5.30. The number of ether oxygens (including phenoxy) is 3. The quantitative estimate of drug-likeness (QED) is 0.566. The Morgan fingerprint density at radius 3 is 2.68 bits per heavy atom. The molecule has 1 aromatic carbocycles. The van der Waals surface area contributed by atoms with Crippen LogP contribution in [-0.2, 0) is 25.4 Å². The van der Waals surface area contributed by atoms with E-state index in [0.29, 0.717) is 23.5 Å². The van der Waals surface area contributed by atoms with E-state index in [4.69, 9.17) is 14.2 Å². The number of aliphatic carboxylic acids is 1. The molecule has 2 saturated heterocycles. The molecule has 0 amide bonds. The highest BCUT2D eigenvalue weighted by Crippen LogP contribution is 2.48. The van der Waals surface area contributed by atoms with Gasteiger partial charge in [0, 0.05) is 19.4 Å². The van der Waals surface area contributed by atoms with Gasteiger partial charge >= 0.3 is 5.97 Å². The Kier molecular flexibility index (Phi) is 5.43. The number of carbonyl (C=O) groups is 1. The number of imidazole rings is 1. The second kappa shape index (κ2) is 8.61. The number of aromatic nitrogens is 4. The average molecular weight is 466 g/mol. The van der Waals surface area contributed by atoms with E-state index in [1.54, 1.807) is 10.9 Å². The Hall–Kier alpha value is -3.08. The van der Waals surface area contributed by atoms with Crippen molar-refractivity contribution in [1.29, 1.82) is 0 Å². The molecule has 178 valence electrons. The molecule has 6 rings (SSSR count). The molecule has 1 unspecified atom stereocenters. The van der Waals surface area contributed by atoms with Crippen LogP contribution >= 0.6 is 0 Å². The summed E-state index contributed by atoms with van der Waals surface area (Å²) < 4.78 is 20.3. The van der Waals surface area contributed by atoms with E-state index < -0.39 is 36.3 Å². The highest BCUT2D eigenvalue weighted by atomic mass is 16.8. The van der Waals surface area contributed by atoms with Crippen molar-refractivity contribution in [2.24, 2.45) is 0 Å². The molecule has 3 aliphatic rings. The molecule has 1 saturated carbocycles. The number of fused-ring (bicyclic) bond motifs is 2. The molecule has 1 aliphatic carbocycles. The lowest BCUT2D eigenvalue weighted by Crippen LogP contribution is -2.38. The minimum Gasteiger partial charge on any atom is -0.479 e. The molecule has 10 heteroatoms. The second-order valence-corrected chi connectivity index (χ2v) is 9.13. The summed E-state index contributed by atoms with van der Waals surface area (Å²) in [6.07, 6.45) is 5.55. The van der Waals surface area contributed by atoms with Crippen molar-refractivity contribution in [1.82, 2.24) is 19.5 Å². The van der Waals surface area contributed by atoms with Gasteiger partial charge in [-0.1, -0.05) is 36.8 Å². The Labute approximate surface area is 196 Å². The molecule has 2 aromatic heterocycles. The number of hydrogen-bond donors (Lipinski definition) is 2. The third-order valence-corrected chi connectivity index (χ3v) is 6.93. The van der Waals surface area contributed by atoms with Crippen molar-refractivity contribution < 1.29 is 24.1 Å². The van der Waals surface area contributed by atoms with E-state index in [1.807, 2.05) is 18.2 Å². The van der Waals surface area contributed by atoms with Gasteiger partial charge < -0.3 is 24.6 Å². The van der Waals surface area contributed by atoms with Gasteiger partial charge in [-0.25, -0.2) is 19.7 Å². The Morgan fingerprint density at radius 1 is 1.09 bits per heavy atom. The van der Waals surface area contributed by atoms with E-state index in [9.17, 15) is 9.90 Å². The Balaban J connectivity index is 1.26.